The van der Waals surface area contributed by atoms with E-state index >= 15 is 0 Å². The van der Waals surface area contributed by atoms with Gasteiger partial charge < -0.3 is 9.80 Å². The summed E-state index contributed by atoms with van der Waals surface area (Å²) in [5, 5.41) is 0. The lowest BCUT2D eigenvalue weighted by Crippen LogP contribution is -3.15. The van der Waals surface area contributed by atoms with Crippen LogP contribution in [0.15, 0.2) is 40.9 Å². The number of hydrogen-bond acceptors (Lipinski definition) is 3. The Bertz CT molecular complexity index is 810. The first-order valence-corrected chi connectivity index (χ1v) is 11.8. The molecule has 1 amide bonds. The first kappa shape index (κ1) is 21.0. The average molecular weight is 407 g/mol. The fourth-order valence-corrected chi connectivity index (χ4v) is 5.38. The molecule has 2 aliphatic rings. The Kier molecular flexibility index (Phi) is 6.91. The van der Waals surface area contributed by atoms with Gasteiger partial charge in [-0.1, -0.05) is 30.7 Å². The predicted molar refractivity (Wildman–Crippen MR) is 109 cm³/mol. The molecular weight excluding hydrogens is 374 g/mol. The number of carbonyl (C=O) groups is 1. The summed E-state index contributed by atoms with van der Waals surface area (Å²) >= 11 is 0. The molecule has 0 atom stereocenters. The molecule has 1 aromatic rings. The SMILES string of the molecule is CCCN(C(=O)C[NH+]1CCN(S(=O)(=O)c2ccc(C)cc2)CC1)C1=CCCC1. The summed E-state index contributed by atoms with van der Waals surface area (Å²) in [6, 6.07) is 7.00. The van der Waals surface area contributed by atoms with E-state index in [1.807, 2.05) is 24.0 Å². The Labute approximate surface area is 168 Å². The van der Waals surface area contributed by atoms with Crippen molar-refractivity contribution in [2.45, 2.75) is 44.4 Å². The van der Waals surface area contributed by atoms with Crippen molar-refractivity contribution in [3.8, 4) is 0 Å². The number of sulfonamides is 1. The normalized spacial score (nSPS) is 18.9. The van der Waals surface area contributed by atoms with Gasteiger partial charge in [0.2, 0.25) is 10.0 Å². The summed E-state index contributed by atoms with van der Waals surface area (Å²) in [7, 11) is -3.45. The fourth-order valence-electron chi connectivity index (χ4n) is 3.94. The summed E-state index contributed by atoms with van der Waals surface area (Å²) in [6.45, 7) is 7.48. The van der Waals surface area contributed by atoms with Crippen LogP contribution < -0.4 is 4.90 Å². The van der Waals surface area contributed by atoms with Gasteiger partial charge in [-0.05, 0) is 44.7 Å². The minimum atomic E-state index is -3.45. The van der Waals surface area contributed by atoms with Gasteiger partial charge in [-0.15, -0.1) is 0 Å². The minimum absolute atomic E-state index is 0.167. The van der Waals surface area contributed by atoms with Crippen LogP contribution >= 0.6 is 0 Å². The Morgan fingerprint density at radius 1 is 1.18 bits per heavy atom. The van der Waals surface area contributed by atoms with Crippen molar-refractivity contribution in [2.75, 3.05) is 39.3 Å². The minimum Gasteiger partial charge on any atom is -0.325 e. The Morgan fingerprint density at radius 2 is 1.86 bits per heavy atom. The van der Waals surface area contributed by atoms with Gasteiger partial charge in [0.05, 0.1) is 31.1 Å². The molecule has 6 nitrogen and oxygen atoms in total. The number of nitrogens with one attached hydrogen (secondary N) is 1. The quantitative estimate of drug-likeness (QED) is 0.740. The molecule has 0 unspecified atom stereocenters. The van der Waals surface area contributed by atoms with Crippen LogP contribution in [-0.2, 0) is 14.8 Å². The molecule has 1 aliphatic carbocycles. The number of carbonyl (C=O) groups excluding carboxylic acids is 1. The highest BCUT2D eigenvalue weighted by Gasteiger charge is 2.32. The third-order valence-electron chi connectivity index (χ3n) is 5.60. The maximum atomic E-state index is 12.9. The van der Waals surface area contributed by atoms with Crippen molar-refractivity contribution in [1.82, 2.24) is 9.21 Å². The van der Waals surface area contributed by atoms with Gasteiger partial charge in [0.25, 0.3) is 5.91 Å². The summed E-state index contributed by atoms with van der Waals surface area (Å²) in [4.78, 5) is 16.3. The number of hydrogen-bond donors (Lipinski definition) is 1. The van der Waals surface area contributed by atoms with Crippen LogP contribution in [0.25, 0.3) is 0 Å². The molecule has 0 aromatic heterocycles. The van der Waals surface area contributed by atoms with Crippen LogP contribution in [0.4, 0.5) is 0 Å². The summed E-state index contributed by atoms with van der Waals surface area (Å²) in [5.41, 5.74) is 2.22. The van der Waals surface area contributed by atoms with E-state index in [0.717, 1.165) is 37.8 Å². The zero-order valence-electron chi connectivity index (χ0n) is 17.0. The van der Waals surface area contributed by atoms with E-state index in [1.54, 1.807) is 16.4 Å². The molecule has 28 heavy (non-hydrogen) atoms. The summed E-state index contributed by atoms with van der Waals surface area (Å²) in [6.07, 6.45) is 6.32. The molecule has 3 rings (SSSR count). The van der Waals surface area contributed by atoms with E-state index in [0.29, 0.717) is 37.6 Å². The second kappa shape index (κ2) is 9.20. The monoisotopic (exact) mass is 406 g/mol. The standard InChI is InChI=1S/C21H31N3O3S/c1-3-12-24(19-6-4-5-7-19)21(25)17-22-13-15-23(16-14-22)28(26,27)20-10-8-18(2)9-11-20/h6,8-11H,3-5,7,12-17H2,1-2H3/p+1. The number of nitrogens with zero attached hydrogens (tertiary/aromatic N) is 2. The predicted octanol–water partition coefficient (Wildman–Crippen LogP) is 1.19. The Morgan fingerprint density at radius 3 is 2.43 bits per heavy atom. The molecule has 1 aromatic carbocycles. The van der Waals surface area contributed by atoms with Gasteiger partial charge in [0, 0.05) is 12.2 Å². The first-order chi connectivity index (χ1) is 13.4. The van der Waals surface area contributed by atoms with E-state index < -0.39 is 10.0 Å². The number of allylic oxidation sites excluding steroid dienone is 2. The molecule has 1 N–H and O–H groups in total. The number of amides is 1. The highest BCUT2D eigenvalue weighted by Crippen LogP contribution is 2.21. The molecule has 1 saturated heterocycles. The lowest BCUT2D eigenvalue weighted by Gasteiger charge is -2.32. The zero-order valence-corrected chi connectivity index (χ0v) is 17.8. The van der Waals surface area contributed by atoms with Crippen LogP contribution in [0.3, 0.4) is 0 Å². The van der Waals surface area contributed by atoms with Crippen molar-refractivity contribution in [1.29, 1.82) is 0 Å². The largest absolute Gasteiger partial charge is 0.325 e. The number of rotatable bonds is 7. The fraction of sp³-hybridized carbons (Fsp3) is 0.571. The molecule has 7 heteroatoms. The van der Waals surface area contributed by atoms with Gasteiger partial charge in [-0.3, -0.25) is 4.79 Å². The maximum Gasteiger partial charge on any atom is 0.281 e. The third kappa shape index (κ3) is 4.82. The van der Waals surface area contributed by atoms with E-state index in [2.05, 4.69) is 13.0 Å². The third-order valence-corrected chi connectivity index (χ3v) is 7.51. The number of benzene rings is 1. The average Bonchev–Trinajstić information content (AvgIpc) is 3.21. The van der Waals surface area contributed by atoms with Crippen molar-refractivity contribution in [3.05, 3.63) is 41.6 Å². The van der Waals surface area contributed by atoms with Crippen molar-refractivity contribution < 1.29 is 18.1 Å². The van der Waals surface area contributed by atoms with Crippen LogP contribution in [0, 0.1) is 6.92 Å². The van der Waals surface area contributed by atoms with Gasteiger partial charge in [0.15, 0.2) is 6.54 Å². The smallest absolute Gasteiger partial charge is 0.281 e. The van der Waals surface area contributed by atoms with Crippen LogP contribution in [0.1, 0.15) is 38.2 Å². The van der Waals surface area contributed by atoms with Crippen molar-refractivity contribution >= 4 is 15.9 Å². The maximum absolute atomic E-state index is 12.9. The van der Waals surface area contributed by atoms with Gasteiger partial charge in [0.1, 0.15) is 0 Å². The van der Waals surface area contributed by atoms with E-state index in [4.69, 9.17) is 0 Å². The molecule has 1 fully saturated rings. The number of piperazine rings is 1. The second-order valence-corrected chi connectivity index (χ2v) is 9.71. The highest BCUT2D eigenvalue weighted by atomic mass is 32.2. The zero-order chi connectivity index (χ0) is 20.1. The molecule has 154 valence electrons. The second-order valence-electron chi connectivity index (χ2n) is 7.78. The molecule has 0 saturated carbocycles. The van der Waals surface area contributed by atoms with E-state index in [9.17, 15) is 13.2 Å². The Balaban J connectivity index is 1.57. The van der Waals surface area contributed by atoms with Crippen LogP contribution in [0.5, 0.6) is 0 Å². The molecular formula is C21H32N3O3S+. The molecule has 0 radical (unpaired) electrons. The summed E-state index contributed by atoms with van der Waals surface area (Å²) < 4.78 is 27.2. The topological polar surface area (TPSA) is 62.1 Å². The number of quaternary nitrogens is 1. The summed E-state index contributed by atoms with van der Waals surface area (Å²) in [5.74, 6) is 0.167. The first-order valence-electron chi connectivity index (χ1n) is 10.3. The van der Waals surface area contributed by atoms with E-state index in [-0.39, 0.29) is 5.91 Å². The van der Waals surface area contributed by atoms with Crippen molar-refractivity contribution in [3.63, 3.8) is 0 Å². The molecule has 0 bridgehead atoms. The highest BCUT2D eigenvalue weighted by molar-refractivity contribution is 7.89. The lowest BCUT2D eigenvalue weighted by atomic mass is 10.2. The van der Waals surface area contributed by atoms with Crippen LogP contribution in [-0.4, -0.2) is 62.8 Å². The Hall–Kier alpha value is -1.70. The molecule has 1 aliphatic heterocycles. The van der Waals surface area contributed by atoms with Gasteiger partial charge in [-0.2, -0.15) is 4.31 Å². The molecule has 1 heterocycles. The van der Waals surface area contributed by atoms with E-state index in [1.165, 1.54) is 10.6 Å². The van der Waals surface area contributed by atoms with Gasteiger partial charge in [-0.25, -0.2) is 8.42 Å². The van der Waals surface area contributed by atoms with Gasteiger partial charge >= 0.3 is 0 Å². The van der Waals surface area contributed by atoms with Crippen molar-refractivity contribution in [2.24, 2.45) is 0 Å². The lowest BCUT2D eigenvalue weighted by molar-refractivity contribution is -0.895. The number of aryl methyl sites for hydroxylation is 1. The van der Waals surface area contributed by atoms with Crippen LogP contribution in [0.2, 0.25) is 0 Å². The molecule has 0 spiro atoms.